The molecule has 104 valence electrons. The fourth-order valence-corrected chi connectivity index (χ4v) is 2.19. The molecule has 0 radical (unpaired) electrons. The summed E-state index contributed by atoms with van der Waals surface area (Å²) in [7, 11) is 0. The molecule has 1 heteroatoms. The van der Waals surface area contributed by atoms with Crippen molar-refractivity contribution >= 4 is 0 Å². The molecule has 1 aromatic rings. The van der Waals surface area contributed by atoms with Crippen LogP contribution in [0.15, 0.2) is 30.7 Å². The van der Waals surface area contributed by atoms with Crippen LogP contribution in [0.25, 0.3) is 0 Å². The molecule has 0 saturated carbocycles. The van der Waals surface area contributed by atoms with Gasteiger partial charge in [0.15, 0.2) is 0 Å². The molecule has 0 bridgehead atoms. The minimum atomic E-state index is 0.961. The van der Waals surface area contributed by atoms with Gasteiger partial charge in [0.2, 0.25) is 0 Å². The van der Waals surface area contributed by atoms with E-state index in [1.165, 1.54) is 55.1 Å². The van der Waals surface area contributed by atoms with Crippen LogP contribution >= 0.6 is 0 Å². The highest BCUT2D eigenvalue weighted by Gasteiger charge is 2.08. The second-order valence-electron chi connectivity index (χ2n) is 5.03. The molecule has 0 N–H and O–H groups in total. The number of rotatable bonds is 8. The molecule has 1 nitrogen and oxygen atoms in total. The van der Waals surface area contributed by atoms with Gasteiger partial charge in [0.1, 0.15) is 12.0 Å². The van der Waals surface area contributed by atoms with Gasteiger partial charge in [0, 0.05) is 0 Å². The molecule has 0 heterocycles. The summed E-state index contributed by atoms with van der Waals surface area (Å²) >= 11 is 0. The number of hydrogen-bond donors (Lipinski definition) is 0. The lowest BCUT2D eigenvalue weighted by molar-refractivity contribution is 0.474. The Balaban J connectivity index is 3.00. The van der Waals surface area contributed by atoms with Crippen LogP contribution in [0, 0.1) is 6.92 Å². The molecule has 0 aliphatic rings. The van der Waals surface area contributed by atoms with Crippen molar-refractivity contribution in [2.75, 3.05) is 0 Å². The van der Waals surface area contributed by atoms with Gasteiger partial charge in [0.05, 0.1) is 0 Å². The maximum absolute atomic E-state index is 5.63. The first-order chi connectivity index (χ1) is 9.22. The Labute approximate surface area is 118 Å². The predicted octanol–water partition coefficient (Wildman–Crippen LogP) is 5.36. The average Bonchev–Trinajstić information content (AvgIpc) is 2.42. The van der Waals surface area contributed by atoms with E-state index < -0.39 is 0 Å². The molecule has 0 fully saturated rings. The molecule has 0 atom stereocenters. The Bertz CT molecular complexity index is 439. The summed E-state index contributed by atoms with van der Waals surface area (Å²) in [5.41, 5.74) is 6.76. The SMILES string of the molecule is C=C=COc1cc(C)c(CCCC)cc1CCCC. The Morgan fingerprint density at radius 1 is 1.11 bits per heavy atom. The first-order valence-electron chi connectivity index (χ1n) is 7.36. The molecular weight excluding hydrogens is 232 g/mol. The van der Waals surface area contributed by atoms with Gasteiger partial charge in [0.25, 0.3) is 0 Å². The topological polar surface area (TPSA) is 9.23 Å². The largest absolute Gasteiger partial charge is 0.457 e. The van der Waals surface area contributed by atoms with Crippen molar-refractivity contribution in [3.63, 3.8) is 0 Å². The standard InChI is InChI=1S/C18H26O/c1-5-8-10-16-14-17(11-9-6-2)18(13-15(16)4)19-12-7-3/h12-14H,3,5-6,8-11H2,1-2,4H3. The third-order valence-electron chi connectivity index (χ3n) is 3.39. The van der Waals surface area contributed by atoms with Crippen molar-refractivity contribution in [2.45, 2.75) is 59.3 Å². The van der Waals surface area contributed by atoms with Crippen LogP contribution in [0.2, 0.25) is 0 Å². The smallest absolute Gasteiger partial charge is 0.133 e. The summed E-state index contributed by atoms with van der Waals surface area (Å²) in [6, 6.07) is 4.48. The minimum Gasteiger partial charge on any atom is -0.457 e. The van der Waals surface area contributed by atoms with E-state index in [1.807, 2.05) is 0 Å². The van der Waals surface area contributed by atoms with Crippen LogP contribution in [-0.4, -0.2) is 0 Å². The molecule has 0 saturated heterocycles. The van der Waals surface area contributed by atoms with Gasteiger partial charge in [-0.2, -0.15) is 0 Å². The van der Waals surface area contributed by atoms with E-state index in [0.717, 1.165) is 12.2 Å². The van der Waals surface area contributed by atoms with E-state index in [-0.39, 0.29) is 0 Å². The maximum atomic E-state index is 5.63. The predicted molar refractivity (Wildman–Crippen MR) is 82.7 cm³/mol. The van der Waals surface area contributed by atoms with Crippen LogP contribution in [0.1, 0.15) is 56.2 Å². The van der Waals surface area contributed by atoms with Crippen molar-refractivity contribution in [2.24, 2.45) is 0 Å². The number of ether oxygens (including phenoxy) is 1. The molecule has 1 aromatic carbocycles. The second-order valence-corrected chi connectivity index (χ2v) is 5.03. The summed E-state index contributed by atoms with van der Waals surface area (Å²) in [5.74, 6) is 0.961. The zero-order valence-electron chi connectivity index (χ0n) is 12.6. The lowest BCUT2D eigenvalue weighted by Gasteiger charge is -2.13. The first kappa shape index (κ1) is 15.6. The monoisotopic (exact) mass is 258 g/mol. The zero-order valence-corrected chi connectivity index (χ0v) is 12.6. The summed E-state index contributed by atoms with van der Waals surface area (Å²) in [5, 5.41) is 0. The Morgan fingerprint density at radius 3 is 2.32 bits per heavy atom. The Hall–Kier alpha value is -1.46. The van der Waals surface area contributed by atoms with E-state index in [9.17, 15) is 0 Å². The van der Waals surface area contributed by atoms with Gasteiger partial charge >= 0.3 is 0 Å². The highest BCUT2D eigenvalue weighted by atomic mass is 16.5. The summed E-state index contributed by atoms with van der Waals surface area (Å²) in [4.78, 5) is 0. The van der Waals surface area contributed by atoms with Gasteiger partial charge in [-0.15, -0.1) is 0 Å². The summed E-state index contributed by atoms with van der Waals surface area (Å²) < 4.78 is 5.63. The molecule has 19 heavy (non-hydrogen) atoms. The van der Waals surface area contributed by atoms with Gasteiger partial charge in [-0.1, -0.05) is 45.1 Å². The van der Waals surface area contributed by atoms with Crippen LogP contribution in [-0.2, 0) is 12.8 Å². The van der Waals surface area contributed by atoms with Crippen molar-refractivity contribution in [1.29, 1.82) is 0 Å². The van der Waals surface area contributed by atoms with Gasteiger partial charge in [-0.25, -0.2) is 0 Å². The van der Waals surface area contributed by atoms with Crippen molar-refractivity contribution in [1.82, 2.24) is 0 Å². The number of benzene rings is 1. The fraction of sp³-hybridized carbons (Fsp3) is 0.500. The van der Waals surface area contributed by atoms with E-state index in [4.69, 9.17) is 4.74 Å². The third kappa shape index (κ3) is 4.96. The van der Waals surface area contributed by atoms with Gasteiger partial charge in [-0.3, -0.25) is 0 Å². The molecule has 0 amide bonds. The van der Waals surface area contributed by atoms with E-state index in [0.29, 0.717) is 0 Å². The van der Waals surface area contributed by atoms with E-state index in [2.05, 4.69) is 45.2 Å². The minimum absolute atomic E-state index is 0.961. The van der Waals surface area contributed by atoms with Crippen molar-refractivity contribution < 1.29 is 4.74 Å². The molecule has 0 unspecified atom stereocenters. The van der Waals surface area contributed by atoms with Crippen LogP contribution < -0.4 is 4.74 Å². The van der Waals surface area contributed by atoms with Crippen LogP contribution in [0.3, 0.4) is 0 Å². The van der Waals surface area contributed by atoms with Crippen molar-refractivity contribution in [3.8, 4) is 5.75 Å². The number of hydrogen-bond acceptors (Lipinski definition) is 1. The van der Waals surface area contributed by atoms with E-state index in [1.54, 1.807) is 0 Å². The second kappa shape index (κ2) is 8.61. The highest BCUT2D eigenvalue weighted by molar-refractivity contribution is 5.43. The number of aryl methyl sites for hydroxylation is 3. The summed E-state index contributed by atoms with van der Waals surface area (Å²) in [6.07, 6.45) is 8.67. The third-order valence-corrected chi connectivity index (χ3v) is 3.39. The fourth-order valence-electron chi connectivity index (χ4n) is 2.19. The molecule has 0 aliphatic carbocycles. The van der Waals surface area contributed by atoms with Crippen LogP contribution in [0.5, 0.6) is 5.75 Å². The Morgan fingerprint density at radius 2 is 1.74 bits per heavy atom. The average molecular weight is 258 g/mol. The lowest BCUT2D eigenvalue weighted by atomic mass is 9.97. The number of unbranched alkanes of at least 4 members (excludes halogenated alkanes) is 2. The molecule has 1 rings (SSSR count). The molecule has 0 spiro atoms. The normalized spacial score (nSPS) is 10.1. The highest BCUT2D eigenvalue weighted by Crippen LogP contribution is 2.26. The summed E-state index contributed by atoms with van der Waals surface area (Å²) in [6.45, 7) is 10.2. The zero-order chi connectivity index (χ0) is 14.1. The van der Waals surface area contributed by atoms with E-state index >= 15 is 0 Å². The Kier molecular flexibility index (Phi) is 7.07. The quantitative estimate of drug-likeness (QED) is 0.450. The molecule has 0 aromatic heterocycles. The van der Waals surface area contributed by atoms with Crippen molar-refractivity contribution in [3.05, 3.63) is 47.4 Å². The van der Waals surface area contributed by atoms with Gasteiger partial charge < -0.3 is 4.74 Å². The van der Waals surface area contributed by atoms with Crippen LogP contribution in [0.4, 0.5) is 0 Å². The van der Waals surface area contributed by atoms with Gasteiger partial charge in [-0.05, 0) is 55.4 Å². The maximum Gasteiger partial charge on any atom is 0.133 e. The molecule has 0 aliphatic heterocycles. The first-order valence-corrected chi connectivity index (χ1v) is 7.36. The molecular formula is C18H26O. The lowest BCUT2D eigenvalue weighted by Crippen LogP contribution is -1.97.